The number of aromatic nitrogens is 3. The summed E-state index contributed by atoms with van der Waals surface area (Å²) < 4.78 is 5.06. The van der Waals surface area contributed by atoms with E-state index >= 15 is 0 Å². The van der Waals surface area contributed by atoms with Gasteiger partial charge in [-0.1, -0.05) is 5.16 Å². The van der Waals surface area contributed by atoms with Crippen molar-refractivity contribution in [2.45, 2.75) is 33.2 Å². The lowest BCUT2D eigenvalue weighted by atomic mass is 10.3. The minimum absolute atomic E-state index is 0.675. The van der Waals surface area contributed by atoms with Crippen LogP contribution in [0.25, 0.3) is 0 Å². The molecule has 21 heavy (non-hydrogen) atoms. The highest BCUT2D eigenvalue weighted by Crippen LogP contribution is 2.10. The molecule has 0 unspecified atom stereocenters. The molecule has 0 atom stereocenters. The second-order valence-electron chi connectivity index (χ2n) is 4.56. The Kier molecular flexibility index (Phi) is 5.68. The van der Waals surface area contributed by atoms with Gasteiger partial charge >= 0.3 is 0 Å². The second kappa shape index (κ2) is 7.72. The number of rotatable bonds is 6. The van der Waals surface area contributed by atoms with Crippen molar-refractivity contribution in [2.75, 3.05) is 13.6 Å². The Morgan fingerprint density at radius 2 is 2.24 bits per heavy atom. The van der Waals surface area contributed by atoms with Crippen LogP contribution in [0, 0.1) is 13.8 Å². The van der Waals surface area contributed by atoms with Gasteiger partial charge in [-0.3, -0.25) is 4.99 Å². The molecule has 0 saturated heterocycles. The molecule has 2 aromatic heterocycles. The summed E-state index contributed by atoms with van der Waals surface area (Å²) in [7, 11) is 1.75. The van der Waals surface area contributed by atoms with Gasteiger partial charge in [-0.25, -0.2) is 4.98 Å². The SMILES string of the molecule is CN=C(NCCCc1nc(C)no1)NCc1ncc(C)s1. The molecule has 0 radical (unpaired) electrons. The van der Waals surface area contributed by atoms with Crippen LogP contribution in [0.15, 0.2) is 15.7 Å². The largest absolute Gasteiger partial charge is 0.356 e. The van der Waals surface area contributed by atoms with Crippen LogP contribution >= 0.6 is 11.3 Å². The molecule has 0 bridgehead atoms. The van der Waals surface area contributed by atoms with E-state index in [0.717, 1.165) is 30.4 Å². The van der Waals surface area contributed by atoms with Gasteiger partial charge in [0.05, 0.1) is 6.54 Å². The molecule has 2 rings (SSSR count). The Bertz CT molecular complexity index is 591. The first kappa shape index (κ1) is 15.4. The summed E-state index contributed by atoms with van der Waals surface area (Å²) >= 11 is 1.68. The molecule has 114 valence electrons. The molecular formula is C13H20N6OS. The van der Waals surface area contributed by atoms with Crippen molar-refractivity contribution in [1.29, 1.82) is 0 Å². The normalized spacial score (nSPS) is 11.7. The van der Waals surface area contributed by atoms with Gasteiger partial charge in [0.2, 0.25) is 5.89 Å². The molecule has 0 saturated carbocycles. The van der Waals surface area contributed by atoms with Crippen molar-refractivity contribution < 1.29 is 4.52 Å². The quantitative estimate of drug-likeness (QED) is 0.477. The van der Waals surface area contributed by atoms with E-state index in [4.69, 9.17) is 4.52 Å². The first-order valence-corrected chi connectivity index (χ1v) is 7.64. The van der Waals surface area contributed by atoms with E-state index in [1.54, 1.807) is 18.4 Å². The van der Waals surface area contributed by atoms with Crippen molar-refractivity contribution >= 4 is 17.3 Å². The monoisotopic (exact) mass is 308 g/mol. The predicted molar refractivity (Wildman–Crippen MR) is 82.4 cm³/mol. The van der Waals surface area contributed by atoms with E-state index in [2.05, 4.69) is 30.8 Å². The summed E-state index contributed by atoms with van der Waals surface area (Å²) in [5, 5.41) is 11.3. The molecule has 0 fully saturated rings. The first-order chi connectivity index (χ1) is 10.2. The van der Waals surface area contributed by atoms with Crippen LogP contribution in [0.3, 0.4) is 0 Å². The summed E-state index contributed by atoms with van der Waals surface area (Å²) in [5.74, 6) is 2.12. The Labute approximate surface area is 127 Å². The van der Waals surface area contributed by atoms with E-state index < -0.39 is 0 Å². The minimum atomic E-state index is 0.675. The fourth-order valence-corrected chi connectivity index (χ4v) is 2.48. The van der Waals surface area contributed by atoms with Gasteiger partial charge in [-0.15, -0.1) is 11.3 Å². The Hall–Kier alpha value is -1.96. The van der Waals surface area contributed by atoms with Crippen LogP contribution in [0.5, 0.6) is 0 Å². The maximum atomic E-state index is 5.06. The lowest BCUT2D eigenvalue weighted by Gasteiger charge is -2.10. The summed E-state index contributed by atoms with van der Waals surface area (Å²) in [4.78, 5) is 13.9. The number of aryl methyl sites for hydroxylation is 3. The van der Waals surface area contributed by atoms with Crippen LogP contribution in [-0.2, 0) is 13.0 Å². The Morgan fingerprint density at radius 3 is 2.86 bits per heavy atom. The highest BCUT2D eigenvalue weighted by atomic mass is 32.1. The molecule has 0 aliphatic carbocycles. The van der Waals surface area contributed by atoms with Crippen LogP contribution < -0.4 is 10.6 Å². The van der Waals surface area contributed by atoms with Gasteiger partial charge in [-0.05, 0) is 20.3 Å². The third-order valence-electron chi connectivity index (χ3n) is 2.73. The van der Waals surface area contributed by atoms with Crippen molar-refractivity contribution in [1.82, 2.24) is 25.8 Å². The Morgan fingerprint density at radius 1 is 1.38 bits per heavy atom. The number of nitrogens with one attached hydrogen (secondary N) is 2. The molecule has 0 aliphatic heterocycles. The molecule has 7 nitrogen and oxygen atoms in total. The maximum Gasteiger partial charge on any atom is 0.226 e. The molecule has 2 aromatic rings. The fourth-order valence-electron chi connectivity index (χ4n) is 1.75. The summed E-state index contributed by atoms with van der Waals surface area (Å²) in [5.41, 5.74) is 0. The van der Waals surface area contributed by atoms with Gasteiger partial charge in [0, 0.05) is 31.1 Å². The molecule has 0 aromatic carbocycles. The van der Waals surface area contributed by atoms with Crippen LogP contribution in [0.4, 0.5) is 0 Å². The van der Waals surface area contributed by atoms with Gasteiger partial charge in [0.25, 0.3) is 0 Å². The Balaban J connectivity index is 1.65. The zero-order valence-corrected chi connectivity index (χ0v) is 13.3. The minimum Gasteiger partial charge on any atom is -0.356 e. The average Bonchev–Trinajstić information content (AvgIpc) is 3.07. The smallest absolute Gasteiger partial charge is 0.226 e. The van der Waals surface area contributed by atoms with E-state index in [-0.39, 0.29) is 0 Å². The number of aliphatic imine (C=N–C) groups is 1. The maximum absolute atomic E-state index is 5.06. The molecule has 8 heteroatoms. The van der Waals surface area contributed by atoms with Crippen LogP contribution in [-0.4, -0.2) is 34.7 Å². The number of hydrogen-bond donors (Lipinski definition) is 2. The highest BCUT2D eigenvalue weighted by molar-refractivity contribution is 7.11. The van der Waals surface area contributed by atoms with Crippen molar-refractivity contribution in [3.8, 4) is 0 Å². The summed E-state index contributed by atoms with van der Waals surface area (Å²) in [6.07, 6.45) is 3.54. The zero-order valence-electron chi connectivity index (χ0n) is 12.5. The molecule has 0 aliphatic rings. The third-order valence-corrected chi connectivity index (χ3v) is 3.64. The van der Waals surface area contributed by atoms with E-state index in [1.807, 2.05) is 20.0 Å². The standard InChI is InChI=1S/C13H20N6OS/c1-9-7-16-12(21-9)8-17-13(14-3)15-6-4-5-11-18-10(2)19-20-11/h7H,4-6,8H2,1-3H3,(H2,14,15,17). The molecule has 0 spiro atoms. The van der Waals surface area contributed by atoms with Gasteiger partial charge in [0.15, 0.2) is 11.8 Å². The number of hydrogen-bond acceptors (Lipinski definition) is 6. The second-order valence-corrected chi connectivity index (χ2v) is 5.88. The molecule has 2 heterocycles. The fraction of sp³-hybridized carbons (Fsp3) is 0.538. The van der Waals surface area contributed by atoms with Crippen molar-refractivity contribution in [3.63, 3.8) is 0 Å². The number of nitrogens with zero attached hydrogens (tertiary/aromatic N) is 4. The molecular weight excluding hydrogens is 288 g/mol. The summed E-state index contributed by atoms with van der Waals surface area (Å²) in [6, 6.07) is 0. The van der Waals surface area contributed by atoms with E-state index in [1.165, 1.54) is 4.88 Å². The first-order valence-electron chi connectivity index (χ1n) is 6.82. The van der Waals surface area contributed by atoms with Gasteiger partial charge in [-0.2, -0.15) is 4.98 Å². The van der Waals surface area contributed by atoms with Gasteiger partial charge < -0.3 is 15.2 Å². The summed E-state index contributed by atoms with van der Waals surface area (Å²) in [6.45, 7) is 5.34. The van der Waals surface area contributed by atoms with Crippen molar-refractivity contribution in [2.24, 2.45) is 4.99 Å². The molecule has 0 amide bonds. The van der Waals surface area contributed by atoms with E-state index in [9.17, 15) is 0 Å². The zero-order chi connectivity index (χ0) is 15.1. The third kappa shape index (κ3) is 5.14. The average molecular weight is 308 g/mol. The van der Waals surface area contributed by atoms with Crippen LogP contribution in [0.2, 0.25) is 0 Å². The van der Waals surface area contributed by atoms with Crippen molar-refractivity contribution in [3.05, 3.63) is 27.8 Å². The van der Waals surface area contributed by atoms with Gasteiger partial charge in [0.1, 0.15) is 5.01 Å². The van der Waals surface area contributed by atoms with E-state index in [0.29, 0.717) is 18.3 Å². The highest BCUT2D eigenvalue weighted by Gasteiger charge is 2.04. The predicted octanol–water partition coefficient (Wildman–Crippen LogP) is 1.44. The molecule has 2 N–H and O–H groups in total. The number of guanidine groups is 1. The lowest BCUT2D eigenvalue weighted by Crippen LogP contribution is -2.37. The lowest BCUT2D eigenvalue weighted by molar-refractivity contribution is 0.372. The number of thiazole rings is 1. The van der Waals surface area contributed by atoms with Crippen LogP contribution in [0.1, 0.15) is 28.0 Å². The topological polar surface area (TPSA) is 88.2 Å².